The topological polar surface area (TPSA) is 74.2 Å². The van der Waals surface area contributed by atoms with Gasteiger partial charge in [-0.25, -0.2) is 4.79 Å². The molecule has 0 aliphatic rings. The summed E-state index contributed by atoms with van der Waals surface area (Å²) in [5.41, 5.74) is 3.17. The van der Waals surface area contributed by atoms with Crippen LogP contribution in [0.25, 0.3) is 11.1 Å². The summed E-state index contributed by atoms with van der Waals surface area (Å²) in [4.78, 5) is 16.0. The summed E-state index contributed by atoms with van der Waals surface area (Å²) >= 11 is 0. The van der Waals surface area contributed by atoms with Crippen molar-refractivity contribution in [3.05, 3.63) is 54.4 Å². The Bertz CT molecular complexity index is 610. The summed E-state index contributed by atoms with van der Waals surface area (Å²) in [5.74, 6) is 0. The van der Waals surface area contributed by atoms with Gasteiger partial charge >= 0.3 is 6.03 Å². The second-order valence-electron chi connectivity index (χ2n) is 5.49. The number of urea groups is 1. The van der Waals surface area contributed by atoms with Crippen LogP contribution in [0.3, 0.4) is 0 Å². The standard InChI is InChI=1S/C18H23N3O2/c1-3-17(12-22)21-18(23)20-13(2)14-6-8-15(9-7-14)16-5-4-10-19-11-16/h4-11,13,17,22H,3,12H2,1-2H3,(H2,20,21,23)/t13-,17-/m1/s1. The molecule has 122 valence electrons. The molecule has 0 saturated heterocycles. The molecule has 0 saturated carbocycles. The fourth-order valence-corrected chi connectivity index (χ4v) is 2.28. The van der Waals surface area contributed by atoms with E-state index in [1.807, 2.05) is 56.4 Å². The molecule has 2 aromatic rings. The lowest BCUT2D eigenvalue weighted by Crippen LogP contribution is -2.44. The van der Waals surface area contributed by atoms with Crippen LogP contribution in [0.2, 0.25) is 0 Å². The van der Waals surface area contributed by atoms with Crippen LogP contribution < -0.4 is 10.6 Å². The number of hydrogen-bond acceptors (Lipinski definition) is 3. The molecule has 2 amide bonds. The molecule has 0 radical (unpaired) electrons. The second-order valence-corrected chi connectivity index (χ2v) is 5.49. The van der Waals surface area contributed by atoms with Gasteiger partial charge in [-0.1, -0.05) is 37.3 Å². The summed E-state index contributed by atoms with van der Waals surface area (Å²) < 4.78 is 0. The number of carbonyl (C=O) groups is 1. The maximum absolute atomic E-state index is 11.9. The molecule has 23 heavy (non-hydrogen) atoms. The van der Waals surface area contributed by atoms with E-state index in [0.29, 0.717) is 6.42 Å². The van der Waals surface area contributed by atoms with Crippen LogP contribution in [0, 0.1) is 0 Å². The molecule has 1 aromatic carbocycles. The molecule has 0 aliphatic carbocycles. The van der Waals surface area contributed by atoms with E-state index in [4.69, 9.17) is 5.11 Å². The van der Waals surface area contributed by atoms with Crippen molar-refractivity contribution in [2.45, 2.75) is 32.4 Å². The average Bonchev–Trinajstić information content (AvgIpc) is 2.60. The Balaban J connectivity index is 1.97. The molecule has 0 fully saturated rings. The van der Waals surface area contributed by atoms with Gasteiger partial charge in [-0.15, -0.1) is 0 Å². The molecule has 0 bridgehead atoms. The minimum absolute atomic E-state index is 0.0574. The van der Waals surface area contributed by atoms with Gasteiger partial charge in [-0.3, -0.25) is 4.98 Å². The SMILES string of the molecule is CC[C@H](CO)NC(=O)N[C@H](C)c1ccc(-c2cccnc2)cc1. The zero-order chi connectivity index (χ0) is 16.7. The van der Waals surface area contributed by atoms with E-state index in [1.165, 1.54) is 0 Å². The third-order valence-electron chi connectivity index (χ3n) is 3.80. The Morgan fingerprint density at radius 3 is 2.48 bits per heavy atom. The van der Waals surface area contributed by atoms with Crippen molar-refractivity contribution in [3.63, 3.8) is 0 Å². The van der Waals surface area contributed by atoms with Crippen LogP contribution in [0.1, 0.15) is 31.9 Å². The molecule has 0 unspecified atom stereocenters. The van der Waals surface area contributed by atoms with Crippen molar-refractivity contribution in [2.75, 3.05) is 6.61 Å². The maximum Gasteiger partial charge on any atom is 0.315 e. The number of aliphatic hydroxyl groups is 1. The number of amides is 2. The smallest absolute Gasteiger partial charge is 0.315 e. The first-order chi connectivity index (χ1) is 11.1. The largest absolute Gasteiger partial charge is 0.394 e. The number of pyridine rings is 1. The molecule has 2 atom stereocenters. The van der Waals surface area contributed by atoms with Crippen molar-refractivity contribution in [3.8, 4) is 11.1 Å². The molecule has 2 rings (SSSR count). The number of carbonyl (C=O) groups excluding carboxylic acids is 1. The predicted octanol–water partition coefficient (Wildman–Crippen LogP) is 2.88. The van der Waals surface area contributed by atoms with Gasteiger partial charge in [0.05, 0.1) is 18.7 Å². The monoisotopic (exact) mass is 313 g/mol. The van der Waals surface area contributed by atoms with Crippen molar-refractivity contribution >= 4 is 6.03 Å². The Morgan fingerprint density at radius 1 is 1.17 bits per heavy atom. The lowest BCUT2D eigenvalue weighted by atomic mass is 10.0. The Morgan fingerprint density at radius 2 is 1.91 bits per heavy atom. The van der Waals surface area contributed by atoms with Gasteiger partial charge < -0.3 is 15.7 Å². The maximum atomic E-state index is 11.9. The lowest BCUT2D eigenvalue weighted by Gasteiger charge is -2.19. The van der Waals surface area contributed by atoms with E-state index >= 15 is 0 Å². The Hall–Kier alpha value is -2.40. The first-order valence-electron chi connectivity index (χ1n) is 7.82. The first-order valence-corrected chi connectivity index (χ1v) is 7.82. The number of hydrogen-bond donors (Lipinski definition) is 3. The first kappa shape index (κ1) is 17.0. The van der Waals surface area contributed by atoms with Crippen molar-refractivity contribution < 1.29 is 9.90 Å². The van der Waals surface area contributed by atoms with Crippen LogP contribution in [0.4, 0.5) is 4.79 Å². The number of nitrogens with one attached hydrogen (secondary N) is 2. The highest BCUT2D eigenvalue weighted by atomic mass is 16.3. The van der Waals surface area contributed by atoms with E-state index in [9.17, 15) is 4.79 Å². The summed E-state index contributed by atoms with van der Waals surface area (Å²) in [5, 5.41) is 14.7. The van der Waals surface area contributed by atoms with E-state index in [0.717, 1.165) is 16.7 Å². The normalized spacial score (nSPS) is 13.2. The molecule has 5 nitrogen and oxygen atoms in total. The highest BCUT2D eigenvalue weighted by Gasteiger charge is 2.12. The van der Waals surface area contributed by atoms with E-state index in [2.05, 4.69) is 15.6 Å². The van der Waals surface area contributed by atoms with E-state index in [-0.39, 0.29) is 24.7 Å². The number of nitrogens with zero attached hydrogens (tertiary/aromatic N) is 1. The minimum atomic E-state index is -0.269. The lowest BCUT2D eigenvalue weighted by molar-refractivity contribution is 0.212. The van der Waals surface area contributed by atoms with Crippen LogP contribution in [-0.4, -0.2) is 28.8 Å². The quantitative estimate of drug-likeness (QED) is 0.767. The highest BCUT2D eigenvalue weighted by molar-refractivity contribution is 5.74. The molecular weight excluding hydrogens is 290 g/mol. The minimum Gasteiger partial charge on any atom is -0.394 e. The summed E-state index contributed by atoms with van der Waals surface area (Å²) in [6.45, 7) is 3.79. The average molecular weight is 313 g/mol. The zero-order valence-corrected chi connectivity index (χ0v) is 13.5. The molecule has 5 heteroatoms. The van der Waals surface area contributed by atoms with Gasteiger partial charge in [-0.05, 0) is 36.1 Å². The van der Waals surface area contributed by atoms with Gasteiger partial charge in [0.25, 0.3) is 0 Å². The molecular formula is C18H23N3O2. The molecule has 3 N–H and O–H groups in total. The van der Waals surface area contributed by atoms with Crippen molar-refractivity contribution in [1.29, 1.82) is 0 Å². The number of benzene rings is 1. The van der Waals surface area contributed by atoms with Gasteiger partial charge in [0, 0.05) is 12.4 Å². The predicted molar refractivity (Wildman–Crippen MR) is 90.9 cm³/mol. The van der Waals surface area contributed by atoms with E-state index < -0.39 is 0 Å². The van der Waals surface area contributed by atoms with Crippen molar-refractivity contribution in [2.24, 2.45) is 0 Å². The Labute approximate surface area is 136 Å². The second kappa shape index (κ2) is 8.29. The third-order valence-corrected chi connectivity index (χ3v) is 3.80. The van der Waals surface area contributed by atoms with Gasteiger partial charge in [-0.2, -0.15) is 0 Å². The van der Waals surface area contributed by atoms with Gasteiger partial charge in [0.2, 0.25) is 0 Å². The van der Waals surface area contributed by atoms with E-state index in [1.54, 1.807) is 6.20 Å². The fraction of sp³-hybridized carbons (Fsp3) is 0.333. The summed E-state index contributed by atoms with van der Waals surface area (Å²) in [7, 11) is 0. The van der Waals surface area contributed by atoms with Crippen LogP contribution in [0.5, 0.6) is 0 Å². The molecule has 1 aromatic heterocycles. The van der Waals surface area contributed by atoms with Crippen LogP contribution >= 0.6 is 0 Å². The molecule has 0 aliphatic heterocycles. The summed E-state index contributed by atoms with van der Waals surface area (Å²) in [6, 6.07) is 11.3. The molecule has 0 spiro atoms. The van der Waals surface area contributed by atoms with Crippen LogP contribution in [-0.2, 0) is 0 Å². The van der Waals surface area contributed by atoms with Crippen molar-refractivity contribution in [1.82, 2.24) is 15.6 Å². The Kier molecular flexibility index (Phi) is 6.11. The van der Waals surface area contributed by atoms with Gasteiger partial charge in [0.15, 0.2) is 0 Å². The number of aliphatic hydroxyl groups excluding tert-OH is 1. The number of rotatable bonds is 6. The number of aromatic nitrogens is 1. The third kappa shape index (κ3) is 4.79. The van der Waals surface area contributed by atoms with Crippen LogP contribution in [0.15, 0.2) is 48.8 Å². The summed E-state index contributed by atoms with van der Waals surface area (Å²) in [6.07, 6.45) is 4.26. The fourth-order valence-electron chi connectivity index (χ4n) is 2.28. The highest BCUT2D eigenvalue weighted by Crippen LogP contribution is 2.21. The van der Waals surface area contributed by atoms with Gasteiger partial charge in [0.1, 0.15) is 0 Å². The zero-order valence-electron chi connectivity index (χ0n) is 13.5. The molecule has 1 heterocycles.